The molecule has 1 amide bonds. The third-order valence-corrected chi connectivity index (χ3v) is 2.09. The maximum Gasteiger partial charge on any atom is 0.310 e. The van der Waals surface area contributed by atoms with Crippen molar-refractivity contribution in [3.05, 3.63) is 0 Å². The summed E-state index contributed by atoms with van der Waals surface area (Å²) in [6.07, 6.45) is 0.453. The highest BCUT2D eigenvalue weighted by molar-refractivity contribution is 5.82. The van der Waals surface area contributed by atoms with Gasteiger partial charge in [0.05, 0.1) is 18.6 Å². The van der Waals surface area contributed by atoms with Crippen LogP contribution in [0.15, 0.2) is 0 Å². The first-order valence-electron chi connectivity index (χ1n) is 4.34. The number of rotatable bonds is 3. The lowest BCUT2D eigenvalue weighted by molar-refractivity contribution is -0.147. The number of nitrogens with one attached hydrogen (secondary N) is 1. The first-order valence-corrected chi connectivity index (χ1v) is 4.34. The minimum absolute atomic E-state index is 0.225. The standard InChI is InChI=1S/C8H14N2O3/c1-2-13-8(12)5-3-6(7(9)11)10-4-5/h5-6,10H,2-4H2,1H3,(H2,9,11)/t5-,6-/m0/s1. The van der Waals surface area contributed by atoms with Gasteiger partial charge in [-0.15, -0.1) is 0 Å². The fraction of sp³-hybridized carbons (Fsp3) is 0.750. The van der Waals surface area contributed by atoms with E-state index in [1.165, 1.54) is 0 Å². The van der Waals surface area contributed by atoms with Crippen LogP contribution in [0.5, 0.6) is 0 Å². The van der Waals surface area contributed by atoms with E-state index in [2.05, 4.69) is 5.32 Å². The lowest BCUT2D eigenvalue weighted by atomic mass is 10.1. The maximum absolute atomic E-state index is 11.2. The highest BCUT2D eigenvalue weighted by Gasteiger charge is 2.33. The van der Waals surface area contributed by atoms with Gasteiger partial charge in [0, 0.05) is 6.54 Å². The van der Waals surface area contributed by atoms with Crippen molar-refractivity contribution in [3.63, 3.8) is 0 Å². The predicted molar refractivity (Wildman–Crippen MR) is 45.7 cm³/mol. The maximum atomic E-state index is 11.2. The van der Waals surface area contributed by atoms with Crippen LogP contribution < -0.4 is 11.1 Å². The molecule has 3 N–H and O–H groups in total. The fourth-order valence-corrected chi connectivity index (χ4v) is 1.39. The van der Waals surface area contributed by atoms with Crippen LogP contribution in [0.3, 0.4) is 0 Å². The number of hydrogen-bond acceptors (Lipinski definition) is 4. The Kier molecular flexibility index (Phi) is 3.25. The molecule has 1 heterocycles. The number of amides is 1. The quantitative estimate of drug-likeness (QED) is 0.555. The van der Waals surface area contributed by atoms with Gasteiger partial charge in [-0.1, -0.05) is 0 Å². The van der Waals surface area contributed by atoms with Crippen molar-refractivity contribution in [2.45, 2.75) is 19.4 Å². The molecule has 0 unspecified atom stereocenters. The molecule has 0 aromatic rings. The lowest BCUT2D eigenvalue weighted by Gasteiger charge is -2.06. The van der Waals surface area contributed by atoms with Gasteiger partial charge in [0.2, 0.25) is 5.91 Å². The van der Waals surface area contributed by atoms with E-state index in [1.807, 2.05) is 0 Å². The Bertz CT molecular complexity index is 217. The Balaban J connectivity index is 2.40. The second-order valence-electron chi connectivity index (χ2n) is 3.05. The number of carbonyl (C=O) groups is 2. The van der Waals surface area contributed by atoms with Crippen LogP contribution in [0.2, 0.25) is 0 Å². The van der Waals surface area contributed by atoms with Crippen molar-refractivity contribution in [2.24, 2.45) is 11.7 Å². The molecule has 74 valence electrons. The van der Waals surface area contributed by atoms with Crippen LogP contribution in [0.1, 0.15) is 13.3 Å². The van der Waals surface area contributed by atoms with Crippen molar-refractivity contribution in [1.82, 2.24) is 5.32 Å². The van der Waals surface area contributed by atoms with Gasteiger partial charge in [-0.3, -0.25) is 9.59 Å². The first kappa shape index (κ1) is 9.98. The molecular weight excluding hydrogens is 172 g/mol. The molecule has 1 rings (SSSR count). The zero-order valence-corrected chi connectivity index (χ0v) is 7.58. The molecule has 0 saturated carbocycles. The molecule has 0 aliphatic carbocycles. The van der Waals surface area contributed by atoms with Gasteiger partial charge in [0.15, 0.2) is 0 Å². The van der Waals surface area contributed by atoms with E-state index in [0.29, 0.717) is 19.6 Å². The van der Waals surface area contributed by atoms with Crippen molar-refractivity contribution >= 4 is 11.9 Å². The van der Waals surface area contributed by atoms with Gasteiger partial charge in [-0.05, 0) is 13.3 Å². The monoisotopic (exact) mass is 186 g/mol. The summed E-state index contributed by atoms with van der Waals surface area (Å²) in [5, 5.41) is 2.87. The second-order valence-corrected chi connectivity index (χ2v) is 3.05. The average Bonchev–Trinajstić information content (AvgIpc) is 2.52. The molecular formula is C8H14N2O3. The number of nitrogens with two attached hydrogens (primary N) is 1. The molecule has 0 spiro atoms. The predicted octanol–water partition coefficient (Wildman–Crippen LogP) is -0.987. The fourth-order valence-electron chi connectivity index (χ4n) is 1.39. The van der Waals surface area contributed by atoms with E-state index < -0.39 is 5.91 Å². The van der Waals surface area contributed by atoms with Crippen LogP contribution in [0.25, 0.3) is 0 Å². The van der Waals surface area contributed by atoms with E-state index in [-0.39, 0.29) is 17.9 Å². The Labute approximate surface area is 76.6 Å². The minimum Gasteiger partial charge on any atom is -0.466 e. The molecule has 5 nitrogen and oxygen atoms in total. The molecule has 1 aliphatic rings. The van der Waals surface area contributed by atoms with E-state index in [0.717, 1.165) is 0 Å². The molecule has 2 atom stereocenters. The summed E-state index contributed by atoms with van der Waals surface area (Å²) in [6, 6.07) is -0.380. The highest BCUT2D eigenvalue weighted by Crippen LogP contribution is 2.15. The largest absolute Gasteiger partial charge is 0.466 e. The Morgan fingerprint density at radius 1 is 1.62 bits per heavy atom. The van der Waals surface area contributed by atoms with E-state index in [4.69, 9.17) is 10.5 Å². The van der Waals surface area contributed by atoms with E-state index in [9.17, 15) is 9.59 Å². The Morgan fingerprint density at radius 3 is 2.77 bits per heavy atom. The van der Waals surface area contributed by atoms with Crippen LogP contribution in [0.4, 0.5) is 0 Å². The van der Waals surface area contributed by atoms with Gasteiger partial charge < -0.3 is 15.8 Å². The number of ether oxygens (including phenoxy) is 1. The number of hydrogen-bond donors (Lipinski definition) is 2. The summed E-state index contributed by atoms with van der Waals surface area (Å²) in [5.41, 5.74) is 5.08. The van der Waals surface area contributed by atoms with Crippen LogP contribution in [-0.2, 0) is 14.3 Å². The summed E-state index contributed by atoms with van der Waals surface area (Å²) < 4.78 is 4.82. The normalized spacial score (nSPS) is 27.2. The minimum atomic E-state index is -0.410. The molecule has 0 aromatic heterocycles. The first-order chi connectivity index (χ1) is 6.15. The van der Waals surface area contributed by atoms with Crippen molar-refractivity contribution < 1.29 is 14.3 Å². The van der Waals surface area contributed by atoms with Gasteiger partial charge in [0.25, 0.3) is 0 Å². The summed E-state index contributed by atoms with van der Waals surface area (Å²) in [6.45, 7) is 2.61. The zero-order chi connectivity index (χ0) is 9.84. The molecule has 1 aliphatic heterocycles. The van der Waals surface area contributed by atoms with Gasteiger partial charge in [0.1, 0.15) is 0 Å². The van der Waals surface area contributed by atoms with Crippen LogP contribution in [0, 0.1) is 5.92 Å². The molecule has 0 aromatic carbocycles. The Morgan fingerprint density at radius 2 is 2.31 bits per heavy atom. The van der Waals surface area contributed by atoms with Crippen LogP contribution in [-0.4, -0.2) is 31.1 Å². The molecule has 5 heteroatoms. The van der Waals surface area contributed by atoms with Gasteiger partial charge in [-0.2, -0.15) is 0 Å². The molecule has 13 heavy (non-hydrogen) atoms. The number of primary amides is 1. The summed E-state index contributed by atoms with van der Waals surface area (Å²) in [5.74, 6) is -0.886. The third-order valence-electron chi connectivity index (χ3n) is 2.09. The van der Waals surface area contributed by atoms with Crippen molar-refractivity contribution in [3.8, 4) is 0 Å². The highest BCUT2D eigenvalue weighted by atomic mass is 16.5. The molecule has 1 fully saturated rings. The lowest BCUT2D eigenvalue weighted by Crippen LogP contribution is -2.36. The van der Waals surface area contributed by atoms with Crippen molar-refractivity contribution in [1.29, 1.82) is 0 Å². The summed E-state index contributed by atoms with van der Waals surface area (Å²) in [4.78, 5) is 21.9. The van der Waals surface area contributed by atoms with Gasteiger partial charge in [-0.25, -0.2) is 0 Å². The van der Waals surface area contributed by atoms with E-state index in [1.54, 1.807) is 6.92 Å². The summed E-state index contributed by atoms with van der Waals surface area (Å²) in [7, 11) is 0. The summed E-state index contributed by atoms with van der Waals surface area (Å²) >= 11 is 0. The van der Waals surface area contributed by atoms with Crippen LogP contribution >= 0.6 is 0 Å². The van der Waals surface area contributed by atoms with Crippen molar-refractivity contribution in [2.75, 3.05) is 13.2 Å². The third kappa shape index (κ3) is 2.42. The Hall–Kier alpha value is -1.10. The molecule has 0 bridgehead atoms. The van der Waals surface area contributed by atoms with Gasteiger partial charge >= 0.3 is 5.97 Å². The average molecular weight is 186 g/mol. The van der Waals surface area contributed by atoms with E-state index >= 15 is 0 Å². The smallest absolute Gasteiger partial charge is 0.310 e. The second kappa shape index (κ2) is 4.23. The number of carbonyl (C=O) groups excluding carboxylic acids is 2. The topological polar surface area (TPSA) is 81.4 Å². The molecule has 1 saturated heterocycles. The zero-order valence-electron chi connectivity index (χ0n) is 7.58. The number of esters is 1. The SMILES string of the molecule is CCOC(=O)[C@@H]1CN[C@H](C(N)=O)C1. The molecule has 0 radical (unpaired) electrons.